The number of nitrogens with one attached hydrogen (secondary N) is 1. The van der Waals surface area contributed by atoms with Gasteiger partial charge in [0, 0.05) is 11.9 Å². The van der Waals surface area contributed by atoms with Crippen molar-refractivity contribution in [2.75, 3.05) is 18.4 Å². The molecule has 6 heteroatoms. The van der Waals surface area contributed by atoms with Crippen molar-refractivity contribution >= 4 is 22.5 Å². The SMILES string of the molecule is CC(C)CN(CC(F)(F)F)C(=O)Nc1cccc2ccccc12. The van der Waals surface area contributed by atoms with E-state index < -0.39 is 18.8 Å². The number of urea groups is 1. The van der Waals surface area contributed by atoms with Crippen LogP contribution in [0, 0.1) is 5.92 Å². The number of rotatable bonds is 4. The molecule has 124 valence electrons. The number of carbonyl (C=O) groups is 1. The fourth-order valence-electron chi connectivity index (χ4n) is 2.41. The molecule has 0 spiro atoms. The average Bonchev–Trinajstić information content (AvgIpc) is 2.45. The van der Waals surface area contributed by atoms with E-state index >= 15 is 0 Å². The molecular formula is C17H19F3N2O. The number of hydrogen-bond donors (Lipinski definition) is 1. The van der Waals surface area contributed by atoms with Crippen LogP contribution in [0.5, 0.6) is 0 Å². The van der Waals surface area contributed by atoms with Crippen LogP contribution in [0.1, 0.15) is 13.8 Å². The summed E-state index contributed by atoms with van der Waals surface area (Å²) < 4.78 is 38.1. The van der Waals surface area contributed by atoms with Gasteiger partial charge in [-0.1, -0.05) is 50.2 Å². The normalized spacial score (nSPS) is 11.7. The van der Waals surface area contributed by atoms with Gasteiger partial charge in [0.05, 0.1) is 5.69 Å². The first-order chi connectivity index (χ1) is 10.8. The van der Waals surface area contributed by atoms with Crippen LogP contribution in [0.3, 0.4) is 0 Å². The summed E-state index contributed by atoms with van der Waals surface area (Å²) in [5, 5.41) is 4.30. The van der Waals surface area contributed by atoms with Gasteiger partial charge in [0.15, 0.2) is 0 Å². The van der Waals surface area contributed by atoms with Gasteiger partial charge in [-0.05, 0) is 17.4 Å². The molecule has 0 aliphatic heterocycles. The average molecular weight is 324 g/mol. The zero-order valence-electron chi connectivity index (χ0n) is 13.0. The van der Waals surface area contributed by atoms with Crippen molar-refractivity contribution in [3.8, 4) is 0 Å². The third-order valence-corrected chi connectivity index (χ3v) is 3.27. The van der Waals surface area contributed by atoms with Crippen LogP contribution in [0.2, 0.25) is 0 Å². The van der Waals surface area contributed by atoms with Crippen LogP contribution >= 0.6 is 0 Å². The van der Waals surface area contributed by atoms with Crippen LogP contribution in [0.15, 0.2) is 42.5 Å². The Labute approximate surface area is 133 Å². The van der Waals surface area contributed by atoms with Crippen molar-refractivity contribution < 1.29 is 18.0 Å². The van der Waals surface area contributed by atoms with Crippen molar-refractivity contribution in [1.82, 2.24) is 4.90 Å². The minimum absolute atomic E-state index is 0.0378. The van der Waals surface area contributed by atoms with Crippen LogP contribution in [0.4, 0.5) is 23.7 Å². The van der Waals surface area contributed by atoms with E-state index in [1.165, 1.54) is 0 Å². The number of benzene rings is 2. The summed E-state index contributed by atoms with van der Waals surface area (Å²) in [6.45, 7) is 2.32. The maximum Gasteiger partial charge on any atom is 0.406 e. The predicted molar refractivity (Wildman–Crippen MR) is 85.4 cm³/mol. The summed E-state index contributed by atoms with van der Waals surface area (Å²) in [7, 11) is 0. The van der Waals surface area contributed by atoms with Gasteiger partial charge in [-0.25, -0.2) is 4.79 Å². The lowest BCUT2D eigenvalue weighted by Crippen LogP contribution is -2.43. The highest BCUT2D eigenvalue weighted by atomic mass is 19.4. The Hall–Kier alpha value is -2.24. The molecule has 2 rings (SSSR count). The van der Waals surface area contributed by atoms with Gasteiger partial charge in [0.2, 0.25) is 0 Å². The summed E-state index contributed by atoms with van der Waals surface area (Å²) in [6.07, 6.45) is -4.43. The first kappa shape index (κ1) is 17.1. The van der Waals surface area contributed by atoms with Gasteiger partial charge >= 0.3 is 12.2 Å². The number of carbonyl (C=O) groups excluding carboxylic acids is 1. The first-order valence-corrected chi connectivity index (χ1v) is 7.37. The van der Waals surface area contributed by atoms with Gasteiger partial charge in [-0.3, -0.25) is 0 Å². The van der Waals surface area contributed by atoms with E-state index in [1.54, 1.807) is 26.0 Å². The number of nitrogens with zero attached hydrogens (tertiary/aromatic N) is 1. The maximum absolute atomic E-state index is 12.7. The smallest absolute Gasteiger partial charge is 0.315 e. The quantitative estimate of drug-likeness (QED) is 0.853. The first-order valence-electron chi connectivity index (χ1n) is 7.37. The van der Waals surface area contributed by atoms with E-state index in [9.17, 15) is 18.0 Å². The molecule has 0 aromatic heterocycles. The van der Waals surface area contributed by atoms with Crippen molar-refractivity contribution in [3.05, 3.63) is 42.5 Å². The van der Waals surface area contributed by atoms with Crippen LogP contribution in [0.25, 0.3) is 10.8 Å². The molecule has 0 fully saturated rings. The fourth-order valence-corrected chi connectivity index (χ4v) is 2.41. The van der Waals surface area contributed by atoms with E-state index in [4.69, 9.17) is 0 Å². The van der Waals surface area contributed by atoms with E-state index in [0.29, 0.717) is 5.69 Å². The Kier molecular flexibility index (Phi) is 5.13. The second-order valence-electron chi connectivity index (χ2n) is 5.85. The summed E-state index contributed by atoms with van der Waals surface area (Å²) in [5.74, 6) is -0.0596. The lowest BCUT2D eigenvalue weighted by Gasteiger charge is -2.26. The summed E-state index contributed by atoms with van der Waals surface area (Å²) in [5.41, 5.74) is 0.504. The number of hydrogen-bond acceptors (Lipinski definition) is 1. The molecule has 0 saturated carbocycles. The molecule has 2 amide bonds. The second kappa shape index (κ2) is 6.89. The molecule has 0 bridgehead atoms. The molecular weight excluding hydrogens is 305 g/mol. The summed E-state index contributed by atoms with van der Waals surface area (Å²) >= 11 is 0. The fraction of sp³-hybridized carbons (Fsp3) is 0.353. The Morgan fingerprint density at radius 3 is 2.43 bits per heavy atom. The molecule has 23 heavy (non-hydrogen) atoms. The molecule has 0 radical (unpaired) electrons. The number of halogens is 3. The molecule has 0 heterocycles. The third-order valence-electron chi connectivity index (χ3n) is 3.27. The maximum atomic E-state index is 12.7. The van der Waals surface area contributed by atoms with Crippen molar-refractivity contribution in [2.24, 2.45) is 5.92 Å². The molecule has 2 aromatic carbocycles. The Bertz CT molecular complexity index is 678. The topological polar surface area (TPSA) is 32.3 Å². The van der Waals surface area contributed by atoms with E-state index in [0.717, 1.165) is 15.7 Å². The Balaban J connectivity index is 2.22. The van der Waals surface area contributed by atoms with E-state index in [-0.39, 0.29) is 12.5 Å². The Morgan fingerprint density at radius 1 is 1.13 bits per heavy atom. The minimum atomic E-state index is -4.43. The molecule has 1 N–H and O–H groups in total. The van der Waals surface area contributed by atoms with Crippen molar-refractivity contribution in [2.45, 2.75) is 20.0 Å². The molecule has 2 aromatic rings. The number of alkyl halides is 3. The number of fused-ring (bicyclic) bond motifs is 1. The monoisotopic (exact) mass is 324 g/mol. The van der Waals surface area contributed by atoms with E-state index in [2.05, 4.69) is 5.32 Å². The van der Waals surface area contributed by atoms with Crippen LogP contribution in [-0.4, -0.2) is 30.2 Å². The number of anilines is 1. The molecule has 0 saturated heterocycles. The minimum Gasteiger partial charge on any atom is -0.315 e. The van der Waals surface area contributed by atoms with Gasteiger partial charge in [0.1, 0.15) is 6.54 Å². The molecule has 3 nitrogen and oxygen atoms in total. The molecule has 0 aliphatic rings. The van der Waals surface area contributed by atoms with Gasteiger partial charge < -0.3 is 10.2 Å². The number of amides is 2. The third kappa shape index (κ3) is 4.87. The highest BCUT2D eigenvalue weighted by Gasteiger charge is 2.33. The summed E-state index contributed by atoms with van der Waals surface area (Å²) in [4.78, 5) is 13.1. The zero-order valence-corrected chi connectivity index (χ0v) is 13.0. The molecule has 0 atom stereocenters. The standard InChI is InChI=1S/C17H19F3N2O/c1-12(2)10-22(11-17(18,19)20)16(23)21-15-9-5-7-13-6-3-4-8-14(13)15/h3-9,12H,10-11H2,1-2H3,(H,21,23). The van der Waals surface area contributed by atoms with Gasteiger partial charge in [-0.2, -0.15) is 13.2 Å². The van der Waals surface area contributed by atoms with Gasteiger partial charge in [-0.15, -0.1) is 0 Å². The zero-order chi connectivity index (χ0) is 17.0. The molecule has 0 aliphatic carbocycles. The van der Waals surface area contributed by atoms with Crippen molar-refractivity contribution in [1.29, 1.82) is 0 Å². The highest BCUT2D eigenvalue weighted by Crippen LogP contribution is 2.24. The lowest BCUT2D eigenvalue weighted by molar-refractivity contribution is -0.140. The van der Waals surface area contributed by atoms with E-state index in [1.807, 2.05) is 30.3 Å². The van der Waals surface area contributed by atoms with Crippen molar-refractivity contribution in [3.63, 3.8) is 0 Å². The van der Waals surface area contributed by atoms with Crippen LogP contribution in [-0.2, 0) is 0 Å². The largest absolute Gasteiger partial charge is 0.406 e. The lowest BCUT2D eigenvalue weighted by atomic mass is 10.1. The van der Waals surface area contributed by atoms with Crippen LogP contribution < -0.4 is 5.32 Å². The molecule has 0 unspecified atom stereocenters. The predicted octanol–water partition coefficient (Wildman–Crippen LogP) is 4.89. The summed E-state index contributed by atoms with van der Waals surface area (Å²) in [6, 6.07) is 12.0. The van der Waals surface area contributed by atoms with Gasteiger partial charge in [0.25, 0.3) is 0 Å². The second-order valence-corrected chi connectivity index (χ2v) is 5.85. The highest BCUT2D eigenvalue weighted by molar-refractivity contribution is 6.01. The Morgan fingerprint density at radius 2 is 1.78 bits per heavy atom.